The number of aliphatic hydroxyl groups is 1. The summed E-state index contributed by atoms with van der Waals surface area (Å²) in [4.78, 5) is 1.85. The summed E-state index contributed by atoms with van der Waals surface area (Å²) >= 11 is 3.32. The van der Waals surface area contributed by atoms with Gasteiger partial charge in [0.25, 0.3) is 0 Å². The molecule has 0 bridgehead atoms. The van der Waals surface area contributed by atoms with Crippen LogP contribution in [0.25, 0.3) is 0 Å². The van der Waals surface area contributed by atoms with Gasteiger partial charge in [0.15, 0.2) is 0 Å². The first kappa shape index (κ1) is 14.6. The van der Waals surface area contributed by atoms with Crippen LogP contribution in [0.4, 0.5) is 4.39 Å². The Balaban J connectivity index is 2.59. The van der Waals surface area contributed by atoms with Crippen molar-refractivity contribution in [3.8, 4) is 0 Å². The maximum absolute atomic E-state index is 13.6. The zero-order valence-electron chi connectivity index (χ0n) is 9.99. The predicted octanol–water partition coefficient (Wildman–Crippen LogP) is 2.03. The number of nitrogens with zero attached hydrogens (tertiary/aromatic N) is 1. The second-order valence-electron chi connectivity index (χ2n) is 4.01. The van der Waals surface area contributed by atoms with Gasteiger partial charge in [0, 0.05) is 30.2 Å². The Kier molecular flexibility index (Phi) is 6.05. The minimum Gasteiger partial charge on any atom is -0.389 e. The van der Waals surface area contributed by atoms with Crippen LogP contribution in [0.2, 0.25) is 0 Å². The number of aliphatic hydroxyl groups excluding tert-OH is 1. The summed E-state index contributed by atoms with van der Waals surface area (Å²) < 4.78 is 19.1. The molecule has 0 amide bonds. The van der Waals surface area contributed by atoms with Gasteiger partial charge < -0.3 is 9.84 Å². The highest BCUT2D eigenvalue weighted by Crippen LogP contribution is 2.20. The number of ether oxygens (including phenoxy) is 1. The number of methoxy groups -OCH3 is 1. The van der Waals surface area contributed by atoms with Crippen LogP contribution in [0.1, 0.15) is 5.56 Å². The molecular formula is C12H17BrFNO2. The van der Waals surface area contributed by atoms with Crippen molar-refractivity contribution in [1.29, 1.82) is 0 Å². The molecule has 96 valence electrons. The Morgan fingerprint density at radius 2 is 2.24 bits per heavy atom. The summed E-state index contributed by atoms with van der Waals surface area (Å²) in [5.74, 6) is -0.243. The molecule has 1 unspecified atom stereocenters. The minimum atomic E-state index is -0.560. The van der Waals surface area contributed by atoms with Gasteiger partial charge in [-0.1, -0.05) is 22.0 Å². The first-order valence-corrected chi connectivity index (χ1v) is 6.12. The van der Waals surface area contributed by atoms with Gasteiger partial charge in [-0.2, -0.15) is 0 Å². The normalized spacial score (nSPS) is 13.1. The maximum Gasteiger partial charge on any atom is 0.128 e. The third-order valence-electron chi connectivity index (χ3n) is 2.37. The van der Waals surface area contributed by atoms with Crippen LogP contribution in [-0.2, 0) is 11.3 Å². The van der Waals surface area contributed by atoms with Crippen molar-refractivity contribution >= 4 is 15.9 Å². The van der Waals surface area contributed by atoms with Gasteiger partial charge in [0.05, 0.1) is 12.7 Å². The van der Waals surface area contributed by atoms with Gasteiger partial charge in [-0.05, 0) is 19.2 Å². The molecule has 1 N–H and O–H groups in total. The Labute approximate surface area is 109 Å². The highest BCUT2D eigenvalue weighted by molar-refractivity contribution is 9.10. The molecule has 0 aromatic heterocycles. The molecule has 0 spiro atoms. The monoisotopic (exact) mass is 305 g/mol. The van der Waals surface area contributed by atoms with E-state index in [2.05, 4.69) is 15.9 Å². The standard InChI is InChI=1S/C12H17BrFNO2/c1-15(6-9(16)8-17-2)7-10-11(13)4-3-5-12(10)14/h3-5,9,16H,6-8H2,1-2H3. The predicted molar refractivity (Wildman–Crippen MR) is 68.3 cm³/mol. The Morgan fingerprint density at radius 1 is 1.53 bits per heavy atom. The summed E-state index contributed by atoms with van der Waals surface area (Å²) in [5.41, 5.74) is 0.597. The molecule has 0 saturated heterocycles. The summed E-state index contributed by atoms with van der Waals surface area (Å²) in [6, 6.07) is 4.89. The van der Waals surface area contributed by atoms with Crippen molar-refractivity contribution < 1.29 is 14.2 Å². The van der Waals surface area contributed by atoms with E-state index >= 15 is 0 Å². The van der Waals surface area contributed by atoms with Gasteiger partial charge in [-0.3, -0.25) is 4.90 Å². The smallest absolute Gasteiger partial charge is 0.128 e. The summed E-state index contributed by atoms with van der Waals surface area (Å²) in [7, 11) is 3.37. The number of hydrogen-bond donors (Lipinski definition) is 1. The Morgan fingerprint density at radius 3 is 2.82 bits per heavy atom. The number of halogens is 2. The fourth-order valence-electron chi connectivity index (χ4n) is 1.62. The molecule has 3 nitrogen and oxygen atoms in total. The average molecular weight is 306 g/mol. The molecule has 0 fully saturated rings. The molecule has 1 rings (SSSR count). The van der Waals surface area contributed by atoms with Crippen LogP contribution in [0.5, 0.6) is 0 Å². The second-order valence-corrected chi connectivity index (χ2v) is 4.86. The molecule has 0 radical (unpaired) electrons. The lowest BCUT2D eigenvalue weighted by Gasteiger charge is -2.21. The third-order valence-corrected chi connectivity index (χ3v) is 3.11. The van der Waals surface area contributed by atoms with Crippen LogP contribution < -0.4 is 0 Å². The lowest BCUT2D eigenvalue weighted by atomic mass is 10.2. The Hall–Kier alpha value is -0.490. The number of rotatable bonds is 6. The molecule has 17 heavy (non-hydrogen) atoms. The van der Waals surface area contributed by atoms with Crippen molar-refractivity contribution in [1.82, 2.24) is 4.90 Å². The fraction of sp³-hybridized carbons (Fsp3) is 0.500. The largest absolute Gasteiger partial charge is 0.389 e. The van der Waals surface area contributed by atoms with E-state index in [0.29, 0.717) is 18.7 Å². The molecule has 0 saturated carbocycles. The Bertz CT molecular complexity index is 342. The van der Waals surface area contributed by atoms with Crippen LogP contribution in [-0.4, -0.2) is 43.4 Å². The van der Waals surface area contributed by atoms with Crippen molar-refractivity contribution in [3.05, 3.63) is 34.1 Å². The SMILES string of the molecule is COCC(O)CN(C)Cc1c(F)cccc1Br. The lowest BCUT2D eigenvalue weighted by Crippen LogP contribution is -2.31. The van der Waals surface area contributed by atoms with Crippen molar-refractivity contribution in [2.24, 2.45) is 0 Å². The van der Waals surface area contributed by atoms with Crippen molar-refractivity contribution in [2.75, 3.05) is 27.3 Å². The second kappa shape index (κ2) is 7.06. The topological polar surface area (TPSA) is 32.7 Å². The van der Waals surface area contributed by atoms with Crippen LogP contribution in [0, 0.1) is 5.82 Å². The molecule has 0 aliphatic rings. The zero-order valence-corrected chi connectivity index (χ0v) is 11.6. The molecule has 0 aliphatic heterocycles. The highest BCUT2D eigenvalue weighted by atomic mass is 79.9. The molecular weight excluding hydrogens is 289 g/mol. The number of likely N-dealkylation sites (N-methyl/N-ethyl adjacent to an activating group) is 1. The first-order valence-electron chi connectivity index (χ1n) is 5.33. The summed E-state index contributed by atoms with van der Waals surface area (Å²) in [5, 5.41) is 9.56. The summed E-state index contributed by atoms with van der Waals surface area (Å²) in [6.07, 6.45) is -0.560. The number of benzene rings is 1. The van der Waals surface area contributed by atoms with Crippen molar-refractivity contribution in [3.63, 3.8) is 0 Å². The molecule has 0 heterocycles. The van der Waals surface area contributed by atoms with Crippen LogP contribution in [0.3, 0.4) is 0 Å². The zero-order chi connectivity index (χ0) is 12.8. The van der Waals surface area contributed by atoms with Crippen LogP contribution >= 0.6 is 15.9 Å². The first-order chi connectivity index (χ1) is 8.04. The molecule has 0 aliphatic carbocycles. The van der Waals surface area contributed by atoms with Crippen LogP contribution in [0.15, 0.2) is 22.7 Å². The van der Waals surface area contributed by atoms with E-state index in [4.69, 9.17) is 4.74 Å². The third kappa shape index (κ3) is 4.71. The van der Waals surface area contributed by atoms with Gasteiger partial charge in [0.1, 0.15) is 5.82 Å². The lowest BCUT2D eigenvalue weighted by molar-refractivity contribution is 0.0416. The van der Waals surface area contributed by atoms with Gasteiger partial charge in [-0.25, -0.2) is 4.39 Å². The van der Waals surface area contributed by atoms with E-state index in [1.807, 2.05) is 11.9 Å². The molecule has 1 aromatic carbocycles. The molecule has 1 aromatic rings. The summed E-state index contributed by atoms with van der Waals surface area (Å²) in [6.45, 7) is 1.16. The highest BCUT2D eigenvalue weighted by Gasteiger charge is 2.12. The van der Waals surface area contributed by atoms with E-state index in [0.717, 1.165) is 4.47 Å². The quantitative estimate of drug-likeness (QED) is 0.873. The van der Waals surface area contributed by atoms with E-state index in [1.54, 1.807) is 12.1 Å². The van der Waals surface area contributed by atoms with Crippen molar-refractivity contribution in [2.45, 2.75) is 12.6 Å². The van der Waals surface area contributed by atoms with Gasteiger partial charge >= 0.3 is 0 Å². The fourth-order valence-corrected chi connectivity index (χ4v) is 2.09. The van der Waals surface area contributed by atoms with Gasteiger partial charge in [-0.15, -0.1) is 0 Å². The molecule has 1 atom stereocenters. The average Bonchev–Trinajstić information content (AvgIpc) is 2.24. The van der Waals surface area contributed by atoms with Gasteiger partial charge in [0.2, 0.25) is 0 Å². The van der Waals surface area contributed by atoms with E-state index < -0.39 is 6.10 Å². The minimum absolute atomic E-state index is 0.243. The van der Waals surface area contributed by atoms with E-state index in [-0.39, 0.29) is 12.4 Å². The molecule has 5 heteroatoms. The maximum atomic E-state index is 13.6. The number of hydrogen-bond acceptors (Lipinski definition) is 3. The van der Waals surface area contributed by atoms with E-state index in [9.17, 15) is 9.50 Å². The van der Waals surface area contributed by atoms with E-state index in [1.165, 1.54) is 13.2 Å².